The van der Waals surface area contributed by atoms with Gasteiger partial charge in [0.2, 0.25) is 5.91 Å². The van der Waals surface area contributed by atoms with Gasteiger partial charge in [-0.2, -0.15) is 5.10 Å². The molecule has 0 bridgehead atoms. The van der Waals surface area contributed by atoms with Gasteiger partial charge in [0.05, 0.1) is 17.6 Å². The fourth-order valence-corrected chi connectivity index (χ4v) is 2.89. The third-order valence-corrected chi connectivity index (χ3v) is 4.15. The van der Waals surface area contributed by atoms with Crippen LogP contribution >= 0.6 is 27.7 Å². The minimum Gasteiger partial charge on any atom is -0.323 e. The van der Waals surface area contributed by atoms with E-state index in [0.29, 0.717) is 5.75 Å². The molecule has 1 aromatic heterocycles. The van der Waals surface area contributed by atoms with Crippen LogP contribution in [0.3, 0.4) is 0 Å². The highest BCUT2D eigenvalue weighted by Gasteiger charge is 2.06. The van der Waals surface area contributed by atoms with E-state index < -0.39 is 0 Å². The Morgan fingerprint density at radius 3 is 2.95 bits per heavy atom. The van der Waals surface area contributed by atoms with Crippen LogP contribution in [0.4, 0.5) is 5.69 Å². The number of amides is 1. The second kappa shape index (κ2) is 6.25. The molecule has 0 aliphatic heterocycles. The van der Waals surface area contributed by atoms with Crippen molar-refractivity contribution in [2.75, 3.05) is 11.1 Å². The van der Waals surface area contributed by atoms with Gasteiger partial charge in [0.25, 0.3) is 0 Å². The third-order valence-electron chi connectivity index (χ3n) is 2.48. The first-order chi connectivity index (χ1) is 9.04. The average Bonchev–Trinajstić information content (AvgIpc) is 2.73. The topological polar surface area (TPSA) is 46.9 Å². The van der Waals surface area contributed by atoms with Crippen LogP contribution in [0.5, 0.6) is 0 Å². The molecule has 0 aliphatic carbocycles. The number of aryl methyl sites for hydroxylation is 2. The van der Waals surface area contributed by atoms with Crippen molar-refractivity contribution in [3.8, 4) is 0 Å². The summed E-state index contributed by atoms with van der Waals surface area (Å²) in [4.78, 5) is 12.9. The molecule has 2 aromatic rings. The Balaban J connectivity index is 1.89. The van der Waals surface area contributed by atoms with Gasteiger partial charge in [-0.05, 0) is 30.7 Å². The lowest BCUT2D eigenvalue weighted by Gasteiger charge is -2.06. The molecule has 19 heavy (non-hydrogen) atoms. The number of hydrogen-bond donors (Lipinski definition) is 1. The van der Waals surface area contributed by atoms with Crippen LogP contribution in [-0.4, -0.2) is 21.4 Å². The maximum absolute atomic E-state index is 11.8. The van der Waals surface area contributed by atoms with Gasteiger partial charge in [-0.25, -0.2) is 0 Å². The summed E-state index contributed by atoms with van der Waals surface area (Å²) in [6.45, 7) is 2.03. The summed E-state index contributed by atoms with van der Waals surface area (Å²) in [5.74, 6) is 0.359. The number of carbonyl (C=O) groups excluding carboxylic acids is 1. The number of thioether (sulfide) groups is 1. The van der Waals surface area contributed by atoms with Crippen molar-refractivity contribution in [2.45, 2.75) is 11.8 Å². The Morgan fingerprint density at radius 1 is 1.53 bits per heavy atom. The molecule has 4 nitrogen and oxygen atoms in total. The number of halogens is 1. The van der Waals surface area contributed by atoms with Gasteiger partial charge in [0.1, 0.15) is 0 Å². The number of hydrogen-bond acceptors (Lipinski definition) is 3. The summed E-state index contributed by atoms with van der Waals surface area (Å²) >= 11 is 4.95. The molecule has 0 saturated heterocycles. The van der Waals surface area contributed by atoms with Crippen molar-refractivity contribution < 1.29 is 4.79 Å². The first-order valence-corrected chi connectivity index (χ1v) is 7.50. The predicted octanol–water partition coefficient (Wildman–Crippen LogP) is 3.22. The molecule has 100 valence electrons. The Labute approximate surface area is 124 Å². The average molecular weight is 340 g/mol. The van der Waals surface area contributed by atoms with Crippen LogP contribution < -0.4 is 5.32 Å². The third kappa shape index (κ3) is 4.11. The second-order valence-corrected chi connectivity index (χ2v) is 6.08. The lowest BCUT2D eigenvalue weighted by atomic mass is 10.2. The van der Waals surface area contributed by atoms with Crippen molar-refractivity contribution in [3.05, 3.63) is 40.6 Å². The largest absolute Gasteiger partial charge is 0.323 e. The molecule has 0 saturated carbocycles. The van der Waals surface area contributed by atoms with Crippen LogP contribution in [0.2, 0.25) is 0 Å². The molecule has 6 heteroatoms. The SMILES string of the molecule is Cc1cc(Br)ccc1SCC(=O)Nc1cnn(C)c1. The smallest absolute Gasteiger partial charge is 0.234 e. The van der Waals surface area contributed by atoms with Gasteiger partial charge >= 0.3 is 0 Å². The predicted molar refractivity (Wildman–Crippen MR) is 81.4 cm³/mol. The fourth-order valence-electron chi connectivity index (χ4n) is 1.60. The summed E-state index contributed by atoms with van der Waals surface area (Å²) in [7, 11) is 1.82. The van der Waals surface area contributed by atoms with Gasteiger partial charge in [-0.3, -0.25) is 9.48 Å². The first-order valence-electron chi connectivity index (χ1n) is 5.72. The monoisotopic (exact) mass is 339 g/mol. The van der Waals surface area contributed by atoms with Crippen LogP contribution in [0, 0.1) is 6.92 Å². The lowest BCUT2D eigenvalue weighted by Crippen LogP contribution is -2.13. The zero-order valence-corrected chi connectivity index (χ0v) is 13.1. The number of carbonyl (C=O) groups is 1. The van der Waals surface area contributed by atoms with Crippen molar-refractivity contribution >= 4 is 39.3 Å². The molecular weight excluding hydrogens is 326 g/mol. The van der Waals surface area contributed by atoms with Crippen molar-refractivity contribution in [1.29, 1.82) is 0 Å². The van der Waals surface area contributed by atoms with Crippen molar-refractivity contribution in [3.63, 3.8) is 0 Å². The molecule has 0 spiro atoms. The molecular formula is C13H14BrN3OS. The summed E-state index contributed by atoms with van der Waals surface area (Å²) in [5.41, 5.74) is 1.88. The van der Waals surface area contributed by atoms with Crippen molar-refractivity contribution in [2.24, 2.45) is 7.05 Å². The Morgan fingerprint density at radius 2 is 2.32 bits per heavy atom. The Bertz CT molecular complexity index is 597. The molecule has 1 heterocycles. The molecule has 1 amide bonds. The van der Waals surface area contributed by atoms with Crippen LogP contribution in [0.15, 0.2) is 40.0 Å². The minimum absolute atomic E-state index is 0.0275. The first kappa shape index (κ1) is 14.1. The Hall–Kier alpha value is -1.27. The normalized spacial score (nSPS) is 10.5. The van der Waals surface area contributed by atoms with E-state index in [-0.39, 0.29) is 5.91 Å². The summed E-state index contributed by atoms with van der Waals surface area (Å²) < 4.78 is 2.70. The maximum atomic E-state index is 11.8. The highest BCUT2D eigenvalue weighted by Crippen LogP contribution is 2.25. The number of anilines is 1. The van der Waals surface area contributed by atoms with Crippen LogP contribution in [0.25, 0.3) is 0 Å². The molecule has 0 radical (unpaired) electrons. The quantitative estimate of drug-likeness (QED) is 0.870. The van der Waals surface area contributed by atoms with E-state index in [1.807, 2.05) is 32.2 Å². The van der Waals surface area contributed by atoms with E-state index in [2.05, 4.69) is 26.3 Å². The molecule has 1 N–H and O–H groups in total. The number of aromatic nitrogens is 2. The van der Waals surface area contributed by atoms with Gasteiger partial charge in [-0.1, -0.05) is 15.9 Å². The van der Waals surface area contributed by atoms with Gasteiger partial charge in [-0.15, -0.1) is 11.8 Å². The van der Waals surface area contributed by atoms with Gasteiger partial charge in [0, 0.05) is 22.6 Å². The summed E-state index contributed by atoms with van der Waals surface area (Å²) in [5, 5.41) is 6.81. The lowest BCUT2D eigenvalue weighted by molar-refractivity contribution is -0.113. The molecule has 1 aromatic carbocycles. The molecule has 0 atom stereocenters. The molecule has 0 aliphatic rings. The van der Waals surface area contributed by atoms with E-state index >= 15 is 0 Å². The number of rotatable bonds is 4. The molecule has 0 fully saturated rings. The van der Waals surface area contributed by atoms with Crippen LogP contribution in [-0.2, 0) is 11.8 Å². The summed E-state index contributed by atoms with van der Waals surface area (Å²) in [6, 6.07) is 6.04. The highest BCUT2D eigenvalue weighted by atomic mass is 79.9. The molecule has 2 rings (SSSR count). The fraction of sp³-hybridized carbons (Fsp3) is 0.231. The van der Waals surface area contributed by atoms with E-state index in [1.165, 1.54) is 11.8 Å². The zero-order valence-electron chi connectivity index (χ0n) is 10.7. The van der Waals surface area contributed by atoms with Gasteiger partial charge < -0.3 is 5.32 Å². The second-order valence-electron chi connectivity index (χ2n) is 4.15. The van der Waals surface area contributed by atoms with E-state index in [0.717, 1.165) is 20.6 Å². The number of nitrogens with zero attached hydrogens (tertiary/aromatic N) is 2. The maximum Gasteiger partial charge on any atom is 0.234 e. The van der Waals surface area contributed by atoms with E-state index in [4.69, 9.17) is 0 Å². The van der Waals surface area contributed by atoms with Crippen molar-refractivity contribution in [1.82, 2.24) is 9.78 Å². The molecule has 0 unspecified atom stereocenters. The van der Waals surface area contributed by atoms with E-state index in [1.54, 1.807) is 17.1 Å². The van der Waals surface area contributed by atoms with E-state index in [9.17, 15) is 4.79 Å². The highest BCUT2D eigenvalue weighted by molar-refractivity contribution is 9.10. The Kier molecular flexibility index (Phi) is 4.66. The zero-order chi connectivity index (χ0) is 13.8. The van der Waals surface area contributed by atoms with Crippen LogP contribution in [0.1, 0.15) is 5.56 Å². The number of nitrogens with one attached hydrogen (secondary N) is 1. The van der Waals surface area contributed by atoms with Gasteiger partial charge in [0.15, 0.2) is 0 Å². The minimum atomic E-state index is -0.0275. The summed E-state index contributed by atoms with van der Waals surface area (Å²) in [6.07, 6.45) is 3.40. The number of benzene rings is 1. The standard InChI is InChI=1S/C13H14BrN3OS/c1-9-5-10(14)3-4-12(9)19-8-13(18)16-11-6-15-17(2)7-11/h3-7H,8H2,1-2H3,(H,16,18).